The van der Waals surface area contributed by atoms with Gasteiger partial charge in [0.25, 0.3) is 10.0 Å². The predicted molar refractivity (Wildman–Crippen MR) is 80.0 cm³/mol. The van der Waals surface area contributed by atoms with Crippen molar-refractivity contribution in [3.63, 3.8) is 0 Å². The minimum Gasteiger partial charge on any atom is -0.315 e. The van der Waals surface area contributed by atoms with Crippen molar-refractivity contribution in [2.75, 3.05) is 6.54 Å². The summed E-state index contributed by atoms with van der Waals surface area (Å²) < 4.78 is 26.6. The van der Waals surface area contributed by atoms with Crippen LogP contribution in [0, 0.1) is 6.92 Å². The summed E-state index contributed by atoms with van der Waals surface area (Å²) in [4.78, 5) is 13.2. The van der Waals surface area contributed by atoms with Crippen LogP contribution in [0.25, 0.3) is 0 Å². The van der Waals surface area contributed by atoms with Gasteiger partial charge >= 0.3 is 4.87 Å². The van der Waals surface area contributed by atoms with Crippen LogP contribution in [0.3, 0.4) is 0 Å². The Balaban J connectivity index is 2.01. The first-order valence-corrected chi connectivity index (χ1v) is 8.50. The predicted octanol–water partition coefficient (Wildman–Crippen LogP) is 1.92. The molecule has 1 aromatic heterocycles. The third-order valence-electron chi connectivity index (χ3n) is 2.64. The number of sulfonamides is 1. The zero-order valence-corrected chi connectivity index (χ0v) is 13.0. The Morgan fingerprint density at radius 3 is 2.50 bits per heavy atom. The van der Waals surface area contributed by atoms with Crippen molar-refractivity contribution in [3.8, 4) is 0 Å². The molecule has 1 aromatic carbocycles. The standard InChI is InChI=1S/C12H13ClN2O3S2/c1-8-11(19-12(16)15-8)20(17,18)14-7-6-9-2-4-10(13)5-3-9/h2-5,14H,6-7H2,1H3,(H,15,16). The summed E-state index contributed by atoms with van der Waals surface area (Å²) in [6.45, 7) is 1.82. The highest BCUT2D eigenvalue weighted by Gasteiger charge is 2.19. The molecular weight excluding hydrogens is 320 g/mol. The molecule has 1 heterocycles. The van der Waals surface area contributed by atoms with Crippen LogP contribution in [0.15, 0.2) is 33.3 Å². The molecule has 0 spiro atoms. The average Bonchev–Trinajstić information content (AvgIpc) is 2.72. The van der Waals surface area contributed by atoms with Gasteiger partial charge in [-0.15, -0.1) is 0 Å². The number of H-pyrrole nitrogens is 1. The highest BCUT2D eigenvalue weighted by atomic mass is 35.5. The Morgan fingerprint density at radius 2 is 1.95 bits per heavy atom. The van der Waals surface area contributed by atoms with Crippen molar-refractivity contribution in [2.24, 2.45) is 0 Å². The van der Waals surface area contributed by atoms with Crippen molar-refractivity contribution in [1.82, 2.24) is 9.71 Å². The molecule has 0 amide bonds. The fourth-order valence-electron chi connectivity index (χ4n) is 1.69. The second-order valence-electron chi connectivity index (χ2n) is 4.20. The Labute approximate surface area is 125 Å². The summed E-state index contributed by atoms with van der Waals surface area (Å²) >= 11 is 6.47. The van der Waals surface area contributed by atoms with Crippen LogP contribution in [0.1, 0.15) is 11.3 Å². The quantitative estimate of drug-likeness (QED) is 0.878. The molecule has 0 atom stereocenters. The van der Waals surface area contributed by atoms with Gasteiger partial charge in [-0.2, -0.15) is 0 Å². The van der Waals surface area contributed by atoms with Crippen LogP contribution in [-0.4, -0.2) is 19.9 Å². The summed E-state index contributed by atoms with van der Waals surface area (Å²) in [6, 6.07) is 7.20. The second-order valence-corrected chi connectivity index (χ2v) is 7.58. The van der Waals surface area contributed by atoms with Crippen molar-refractivity contribution in [2.45, 2.75) is 17.6 Å². The van der Waals surface area contributed by atoms with Crippen molar-refractivity contribution in [1.29, 1.82) is 0 Å². The molecular formula is C12H13ClN2O3S2. The summed E-state index contributed by atoms with van der Waals surface area (Å²) in [6.07, 6.45) is 0.550. The number of nitrogens with one attached hydrogen (secondary N) is 2. The van der Waals surface area contributed by atoms with Gasteiger partial charge < -0.3 is 4.98 Å². The first kappa shape index (κ1) is 15.2. The number of hydrogen-bond donors (Lipinski definition) is 2. The Bertz CT molecular complexity index is 748. The average molecular weight is 333 g/mol. The van der Waals surface area contributed by atoms with Crippen molar-refractivity contribution < 1.29 is 8.42 Å². The maximum atomic E-state index is 12.0. The lowest BCUT2D eigenvalue weighted by Gasteiger charge is -2.05. The SMILES string of the molecule is Cc1[nH]c(=O)sc1S(=O)(=O)NCCc1ccc(Cl)cc1. The second kappa shape index (κ2) is 6.09. The van der Waals surface area contributed by atoms with Crippen LogP contribution >= 0.6 is 22.9 Å². The zero-order chi connectivity index (χ0) is 14.8. The maximum Gasteiger partial charge on any atom is 0.305 e. The van der Waals surface area contributed by atoms with E-state index >= 15 is 0 Å². The molecule has 0 radical (unpaired) electrons. The number of aromatic amines is 1. The molecule has 20 heavy (non-hydrogen) atoms. The summed E-state index contributed by atoms with van der Waals surface area (Å²) in [5.41, 5.74) is 1.34. The fraction of sp³-hybridized carbons (Fsp3) is 0.250. The number of hydrogen-bond acceptors (Lipinski definition) is 4. The molecule has 0 bridgehead atoms. The number of halogens is 1. The number of benzene rings is 1. The van der Waals surface area contributed by atoms with Gasteiger partial charge in [0, 0.05) is 17.3 Å². The van der Waals surface area contributed by atoms with Gasteiger partial charge in [-0.1, -0.05) is 35.1 Å². The third kappa shape index (κ3) is 3.69. The first-order valence-electron chi connectivity index (χ1n) is 5.82. The van der Waals surface area contributed by atoms with E-state index in [0.29, 0.717) is 28.5 Å². The Kier molecular flexibility index (Phi) is 4.64. The number of thiazole rings is 1. The summed E-state index contributed by atoms with van der Waals surface area (Å²) in [7, 11) is -3.64. The molecule has 0 saturated carbocycles. The van der Waals surface area contributed by atoms with Gasteiger partial charge in [0.05, 0.1) is 0 Å². The smallest absolute Gasteiger partial charge is 0.305 e. The third-order valence-corrected chi connectivity index (χ3v) is 5.96. The molecule has 108 valence electrons. The molecule has 0 aliphatic carbocycles. The highest BCUT2D eigenvalue weighted by molar-refractivity contribution is 7.91. The van der Waals surface area contributed by atoms with Crippen molar-refractivity contribution >= 4 is 33.0 Å². The van der Waals surface area contributed by atoms with E-state index in [-0.39, 0.29) is 15.6 Å². The first-order chi connectivity index (χ1) is 9.38. The van der Waals surface area contributed by atoms with E-state index < -0.39 is 10.0 Å². The van der Waals surface area contributed by atoms with Gasteiger partial charge in [0.2, 0.25) is 0 Å². The van der Waals surface area contributed by atoms with Crippen molar-refractivity contribution in [3.05, 3.63) is 50.2 Å². The molecule has 0 aliphatic heterocycles. The van der Waals surface area contributed by atoms with Gasteiger partial charge in [-0.05, 0) is 31.0 Å². The fourth-order valence-corrected chi connectivity index (χ4v) is 4.19. The van der Waals surface area contributed by atoms with Crippen LogP contribution < -0.4 is 9.60 Å². The van der Waals surface area contributed by atoms with Crippen LogP contribution in [0.4, 0.5) is 0 Å². The molecule has 2 rings (SSSR count). The van der Waals surface area contributed by atoms with E-state index in [9.17, 15) is 13.2 Å². The lowest BCUT2D eigenvalue weighted by atomic mass is 10.2. The van der Waals surface area contributed by atoms with Gasteiger partial charge in [-0.25, -0.2) is 13.1 Å². The maximum absolute atomic E-state index is 12.0. The largest absolute Gasteiger partial charge is 0.315 e. The molecule has 0 saturated heterocycles. The number of aromatic nitrogens is 1. The monoisotopic (exact) mass is 332 g/mol. The van der Waals surface area contributed by atoms with Crippen LogP contribution in [-0.2, 0) is 16.4 Å². The summed E-state index contributed by atoms with van der Waals surface area (Å²) in [5.74, 6) is 0. The Morgan fingerprint density at radius 1 is 1.30 bits per heavy atom. The minimum absolute atomic E-state index is 0.0404. The zero-order valence-electron chi connectivity index (χ0n) is 10.6. The molecule has 2 N–H and O–H groups in total. The van der Waals surface area contributed by atoms with Gasteiger partial charge in [0.1, 0.15) is 0 Å². The highest BCUT2D eigenvalue weighted by Crippen LogP contribution is 2.15. The van der Waals surface area contributed by atoms with E-state index in [1.807, 2.05) is 12.1 Å². The Hall–Kier alpha value is -1.15. The lowest BCUT2D eigenvalue weighted by molar-refractivity contribution is 0.583. The van der Waals surface area contributed by atoms with Crippen LogP contribution in [0.2, 0.25) is 5.02 Å². The van der Waals surface area contributed by atoms with Gasteiger partial charge in [0.15, 0.2) is 4.21 Å². The van der Waals surface area contributed by atoms with E-state index in [0.717, 1.165) is 5.56 Å². The van der Waals surface area contributed by atoms with E-state index in [4.69, 9.17) is 11.6 Å². The molecule has 0 aliphatic rings. The molecule has 8 heteroatoms. The van der Waals surface area contributed by atoms with E-state index in [1.54, 1.807) is 19.1 Å². The molecule has 0 unspecified atom stereocenters. The van der Waals surface area contributed by atoms with E-state index in [1.165, 1.54) is 0 Å². The lowest BCUT2D eigenvalue weighted by Crippen LogP contribution is -2.25. The minimum atomic E-state index is -3.64. The van der Waals surface area contributed by atoms with Gasteiger partial charge in [-0.3, -0.25) is 4.79 Å². The van der Waals surface area contributed by atoms with Crippen LogP contribution in [0.5, 0.6) is 0 Å². The number of rotatable bonds is 5. The summed E-state index contributed by atoms with van der Waals surface area (Å²) in [5, 5.41) is 0.641. The molecule has 5 nitrogen and oxygen atoms in total. The molecule has 0 fully saturated rings. The van der Waals surface area contributed by atoms with E-state index in [2.05, 4.69) is 9.71 Å². The molecule has 2 aromatic rings. The number of aryl methyl sites for hydroxylation is 1. The topological polar surface area (TPSA) is 79.0 Å². The normalized spacial score (nSPS) is 11.7.